The van der Waals surface area contributed by atoms with E-state index in [1.165, 1.54) is 28.3 Å². The number of halogens is 2. The van der Waals surface area contributed by atoms with Crippen LogP contribution in [0, 0.1) is 5.82 Å². The second kappa shape index (κ2) is 9.21. The summed E-state index contributed by atoms with van der Waals surface area (Å²) in [6.07, 6.45) is 2.52. The Morgan fingerprint density at radius 2 is 2.04 bits per heavy atom. The summed E-state index contributed by atoms with van der Waals surface area (Å²) in [7, 11) is 1.63. The minimum absolute atomic E-state index is 0.107. The van der Waals surface area contributed by atoms with Crippen molar-refractivity contribution >= 4 is 29.3 Å². The highest BCUT2D eigenvalue weighted by atomic mass is 35.5. The van der Waals surface area contributed by atoms with E-state index < -0.39 is 5.82 Å². The first-order valence-electron chi connectivity index (χ1n) is 8.79. The molecule has 0 atom stereocenters. The minimum Gasteiger partial charge on any atom is -0.341 e. The Balaban J connectivity index is 1.68. The number of aryl methyl sites for hydroxylation is 1. The molecule has 2 aromatic carbocycles. The summed E-state index contributed by atoms with van der Waals surface area (Å²) in [5, 5.41) is 9.06. The number of hydrogen-bond acceptors (Lipinski definition) is 4. The minimum atomic E-state index is -0.421. The SMILES string of the molecule is CCc1ccccc1-n1cnnc1SCC(=O)N(C)Cc1c(F)cccc1Cl. The Hall–Kier alpha value is -2.38. The summed E-state index contributed by atoms with van der Waals surface area (Å²) in [5.74, 6) is -0.409. The van der Waals surface area contributed by atoms with Gasteiger partial charge >= 0.3 is 0 Å². The Bertz CT molecular complexity index is 958. The second-order valence-electron chi connectivity index (χ2n) is 6.20. The van der Waals surface area contributed by atoms with E-state index in [4.69, 9.17) is 11.6 Å². The number of carbonyl (C=O) groups excluding carboxylic acids is 1. The molecule has 0 radical (unpaired) electrons. The van der Waals surface area contributed by atoms with Crippen molar-refractivity contribution in [2.45, 2.75) is 25.0 Å². The van der Waals surface area contributed by atoms with Crippen LogP contribution < -0.4 is 0 Å². The molecule has 1 amide bonds. The van der Waals surface area contributed by atoms with E-state index in [0.717, 1.165) is 12.1 Å². The fraction of sp³-hybridized carbons (Fsp3) is 0.250. The molecule has 28 heavy (non-hydrogen) atoms. The Kier molecular flexibility index (Phi) is 6.70. The number of rotatable bonds is 7. The van der Waals surface area contributed by atoms with E-state index in [1.807, 2.05) is 22.8 Å². The molecule has 0 saturated carbocycles. The number of carbonyl (C=O) groups is 1. The van der Waals surface area contributed by atoms with Crippen LogP contribution in [0.2, 0.25) is 5.02 Å². The molecule has 3 rings (SSSR count). The lowest BCUT2D eigenvalue weighted by Crippen LogP contribution is -2.28. The molecule has 0 N–H and O–H groups in total. The largest absolute Gasteiger partial charge is 0.341 e. The molecule has 5 nitrogen and oxygen atoms in total. The Morgan fingerprint density at radius 3 is 2.79 bits per heavy atom. The zero-order chi connectivity index (χ0) is 20.1. The molecular weight excluding hydrogens is 399 g/mol. The average molecular weight is 419 g/mol. The first kappa shape index (κ1) is 20.4. The van der Waals surface area contributed by atoms with Crippen LogP contribution in [0.3, 0.4) is 0 Å². The number of amides is 1. The van der Waals surface area contributed by atoms with Crippen LogP contribution in [0.25, 0.3) is 5.69 Å². The van der Waals surface area contributed by atoms with Gasteiger partial charge in [-0.15, -0.1) is 10.2 Å². The van der Waals surface area contributed by atoms with Crippen molar-refractivity contribution in [1.82, 2.24) is 19.7 Å². The van der Waals surface area contributed by atoms with E-state index >= 15 is 0 Å². The molecular formula is C20H20ClFN4OS. The van der Waals surface area contributed by atoms with E-state index in [9.17, 15) is 9.18 Å². The molecule has 0 aliphatic carbocycles. The first-order valence-corrected chi connectivity index (χ1v) is 10.2. The molecule has 8 heteroatoms. The van der Waals surface area contributed by atoms with E-state index in [0.29, 0.717) is 15.7 Å². The van der Waals surface area contributed by atoms with Crippen LogP contribution in [0.15, 0.2) is 53.9 Å². The van der Waals surface area contributed by atoms with Crippen molar-refractivity contribution in [3.63, 3.8) is 0 Å². The maximum atomic E-state index is 13.9. The lowest BCUT2D eigenvalue weighted by molar-refractivity contribution is -0.127. The molecule has 1 heterocycles. The first-order chi connectivity index (χ1) is 13.5. The summed E-state index contributed by atoms with van der Waals surface area (Å²) in [6.45, 7) is 2.19. The Labute approximate surface area is 172 Å². The fourth-order valence-corrected chi connectivity index (χ4v) is 3.86. The zero-order valence-corrected chi connectivity index (χ0v) is 17.2. The van der Waals surface area contributed by atoms with Crippen LogP contribution in [-0.2, 0) is 17.8 Å². The third kappa shape index (κ3) is 4.54. The number of thioether (sulfide) groups is 1. The van der Waals surface area contributed by atoms with Gasteiger partial charge in [0.2, 0.25) is 5.91 Å². The van der Waals surface area contributed by atoms with Gasteiger partial charge in [0.25, 0.3) is 0 Å². The van der Waals surface area contributed by atoms with Gasteiger partial charge in [0.15, 0.2) is 5.16 Å². The average Bonchev–Trinajstić information content (AvgIpc) is 3.17. The molecule has 146 valence electrons. The standard InChI is InChI=1S/C20H20ClFN4OS/c1-3-14-7-4-5-10-18(14)26-13-23-24-20(26)28-12-19(27)25(2)11-15-16(21)8-6-9-17(15)22/h4-10,13H,3,11-12H2,1-2H3. The van der Waals surface area contributed by atoms with Crippen molar-refractivity contribution in [1.29, 1.82) is 0 Å². The molecule has 0 aliphatic heterocycles. The summed E-state index contributed by atoms with van der Waals surface area (Å²) in [4.78, 5) is 14.0. The van der Waals surface area contributed by atoms with Gasteiger partial charge < -0.3 is 4.90 Å². The van der Waals surface area contributed by atoms with Crippen molar-refractivity contribution in [3.8, 4) is 5.69 Å². The molecule has 0 unspecified atom stereocenters. The molecule has 0 saturated heterocycles. The third-order valence-electron chi connectivity index (χ3n) is 4.36. The summed E-state index contributed by atoms with van der Waals surface area (Å²) in [6, 6.07) is 12.5. The highest BCUT2D eigenvalue weighted by Crippen LogP contribution is 2.24. The quantitative estimate of drug-likeness (QED) is 0.534. The summed E-state index contributed by atoms with van der Waals surface area (Å²) >= 11 is 7.34. The molecule has 0 bridgehead atoms. The number of nitrogens with zero attached hydrogens (tertiary/aromatic N) is 4. The van der Waals surface area contributed by atoms with Crippen molar-refractivity contribution in [2.75, 3.05) is 12.8 Å². The van der Waals surface area contributed by atoms with Gasteiger partial charge in [0.1, 0.15) is 12.1 Å². The highest BCUT2D eigenvalue weighted by Gasteiger charge is 2.17. The number of aromatic nitrogens is 3. The molecule has 3 aromatic rings. The number of benzene rings is 2. The van der Waals surface area contributed by atoms with Crippen molar-refractivity contribution < 1.29 is 9.18 Å². The molecule has 0 aliphatic rings. The van der Waals surface area contributed by atoms with Crippen LogP contribution in [0.5, 0.6) is 0 Å². The second-order valence-corrected chi connectivity index (χ2v) is 7.55. The van der Waals surface area contributed by atoms with Gasteiger partial charge in [-0.1, -0.05) is 54.6 Å². The predicted molar refractivity (Wildman–Crippen MR) is 109 cm³/mol. The monoisotopic (exact) mass is 418 g/mol. The zero-order valence-electron chi connectivity index (χ0n) is 15.6. The van der Waals surface area contributed by atoms with Gasteiger partial charge in [-0.3, -0.25) is 9.36 Å². The maximum Gasteiger partial charge on any atom is 0.233 e. The number of para-hydroxylation sites is 1. The Morgan fingerprint density at radius 1 is 1.25 bits per heavy atom. The van der Waals surface area contributed by atoms with Crippen molar-refractivity contribution in [2.24, 2.45) is 0 Å². The van der Waals surface area contributed by atoms with E-state index in [1.54, 1.807) is 25.5 Å². The topological polar surface area (TPSA) is 51.0 Å². The highest BCUT2D eigenvalue weighted by molar-refractivity contribution is 7.99. The lowest BCUT2D eigenvalue weighted by atomic mass is 10.1. The molecule has 1 aromatic heterocycles. The van der Waals surface area contributed by atoms with Crippen LogP contribution in [-0.4, -0.2) is 38.4 Å². The molecule has 0 spiro atoms. The fourth-order valence-electron chi connectivity index (χ4n) is 2.78. The lowest BCUT2D eigenvalue weighted by Gasteiger charge is -2.18. The normalized spacial score (nSPS) is 10.9. The van der Waals surface area contributed by atoms with Gasteiger partial charge in [-0.25, -0.2) is 4.39 Å². The van der Waals surface area contributed by atoms with Gasteiger partial charge in [0.05, 0.1) is 11.4 Å². The van der Waals surface area contributed by atoms with Crippen LogP contribution in [0.1, 0.15) is 18.1 Å². The molecule has 0 fully saturated rings. The van der Waals surface area contributed by atoms with Crippen LogP contribution in [0.4, 0.5) is 4.39 Å². The van der Waals surface area contributed by atoms with E-state index in [2.05, 4.69) is 23.2 Å². The summed E-state index contributed by atoms with van der Waals surface area (Å²) in [5.41, 5.74) is 2.48. The van der Waals surface area contributed by atoms with E-state index in [-0.39, 0.29) is 18.2 Å². The van der Waals surface area contributed by atoms with Gasteiger partial charge in [-0.05, 0) is 30.2 Å². The van der Waals surface area contributed by atoms with Gasteiger partial charge in [0, 0.05) is 24.2 Å². The maximum absolute atomic E-state index is 13.9. The third-order valence-corrected chi connectivity index (χ3v) is 5.64. The smallest absolute Gasteiger partial charge is 0.233 e. The van der Waals surface area contributed by atoms with Gasteiger partial charge in [-0.2, -0.15) is 0 Å². The summed E-state index contributed by atoms with van der Waals surface area (Å²) < 4.78 is 15.8. The number of hydrogen-bond donors (Lipinski definition) is 0. The van der Waals surface area contributed by atoms with Crippen LogP contribution >= 0.6 is 23.4 Å². The van der Waals surface area contributed by atoms with Crippen molar-refractivity contribution in [3.05, 3.63) is 70.8 Å². The predicted octanol–water partition coefficient (Wildman–Crippen LogP) is 4.37.